The summed E-state index contributed by atoms with van der Waals surface area (Å²) in [4.78, 5) is 12.9. The number of carbonyl (C=O) groups excluding carboxylic acids is 1. The molecule has 0 unspecified atom stereocenters. The molecule has 0 heterocycles. The van der Waals surface area contributed by atoms with Crippen LogP contribution in [0.15, 0.2) is 91.0 Å². The predicted octanol–water partition coefficient (Wildman–Crippen LogP) is 3.58. The molecule has 0 aliphatic heterocycles. The van der Waals surface area contributed by atoms with Crippen molar-refractivity contribution in [1.82, 2.24) is 0 Å². The Kier molecular flexibility index (Phi) is 5.86. The Bertz CT molecular complexity index is 828. The van der Waals surface area contributed by atoms with Gasteiger partial charge in [-0.25, -0.2) is 0 Å². The minimum atomic E-state index is -2.20. The largest absolute Gasteiger partial charge is 0.290 e. The van der Waals surface area contributed by atoms with Gasteiger partial charge in [0, 0.05) is 24.7 Å². The zero-order chi connectivity index (χ0) is 18.6. The van der Waals surface area contributed by atoms with Gasteiger partial charge in [-0.1, -0.05) is 91.0 Å². The highest BCUT2D eigenvalue weighted by Gasteiger charge is 2.38. The minimum Gasteiger partial charge on any atom is -0.290 e. The fourth-order valence-corrected chi connectivity index (χ4v) is 11.2. The van der Waals surface area contributed by atoms with Gasteiger partial charge in [0.05, 0.1) is 0 Å². The SMILES string of the molecule is CC(=O)C([S+](C)C)=P(c1ccccc1)(c1ccccc1)c1ccccc1. The molecule has 0 aromatic heterocycles. The summed E-state index contributed by atoms with van der Waals surface area (Å²) >= 11 is 0. The Labute approximate surface area is 159 Å². The molecule has 0 fully saturated rings. The average Bonchev–Trinajstić information content (AvgIpc) is 2.67. The van der Waals surface area contributed by atoms with Gasteiger partial charge in [-0.15, -0.1) is 0 Å². The van der Waals surface area contributed by atoms with Crippen molar-refractivity contribution >= 4 is 44.1 Å². The molecule has 0 spiro atoms. The lowest BCUT2D eigenvalue weighted by Gasteiger charge is -2.29. The molecule has 0 radical (unpaired) electrons. The van der Waals surface area contributed by atoms with Crippen molar-refractivity contribution in [2.24, 2.45) is 0 Å². The molecule has 0 saturated carbocycles. The first kappa shape index (κ1) is 18.8. The maximum atomic E-state index is 12.9. The van der Waals surface area contributed by atoms with Gasteiger partial charge < -0.3 is 0 Å². The monoisotopic (exact) mass is 379 g/mol. The van der Waals surface area contributed by atoms with Crippen molar-refractivity contribution in [2.75, 3.05) is 12.5 Å². The van der Waals surface area contributed by atoms with Crippen LogP contribution in [0, 0.1) is 0 Å². The Balaban J connectivity index is 2.61. The van der Waals surface area contributed by atoms with Crippen LogP contribution in [-0.4, -0.2) is 22.9 Å². The molecule has 0 saturated heterocycles. The number of benzene rings is 3. The number of ketones is 1. The molecule has 0 aliphatic carbocycles. The molecule has 0 aliphatic rings. The molecule has 3 aromatic carbocycles. The lowest BCUT2D eigenvalue weighted by atomic mass is 10.4. The average molecular weight is 379 g/mol. The topological polar surface area (TPSA) is 17.1 Å². The van der Waals surface area contributed by atoms with E-state index in [1.807, 2.05) is 18.2 Å². The zero-order valence-electron chi connectivity index (χ0n) is 15.4. The second-order valence-electron chi connectivity index (χ2n) is 6.36. The van der Waals surface area contributed by atoms with E-state index in [9.17, 15) is 4.79 Å². The normalized spacial score (nSPS) is 11.4. The fourth-order valence-electron chi connectivity index (χ4n) is 3.55. The Morgan fingerprint density at radius 2 is 0.962 bits per heavy atom. The summed E-state index contributed by atoms with van der Waals surface area (Å²) < 4.78 is 1.06. The third kappa shape index (κ3) is 3.32. The summed E-state index contributed by atoms with van der Waals surface area (Å²) in [5, 5.41) is 3.72. The van der Waals surface area contributed by atoms with Crippen LogP contribution in [0.3, 0.4) is 0 Å². The summed E-state index contributed by atoms with van der Waals surface area (Å²) in [5.41, 5.74) is 0. The van der Waals surface area contributed by atoms with Crippen molar-refractivity contribution in [2.45, 2.75) is 6.92 Å². The van der Waals surface area contributed by atoms with Crippen LogP contribution in [0.5, 0.6) is 0 Å². The number of hydrogen-bond donors (Lipinski definition) is 0. The van der Waals surface area contributed by atoms with Gasteiger partial charge in [0.15, 0.2) is 0 Å². The maximum Gasteiger partial charge on any atom is 0.207 e. The Morgan fingerprint density at radius 1 is 0.654 bits per heavy atom. The van der Waals surface area contributed by atoms with Gasteiger partial charge in [-0.2, -0.15) is 0 Å². The summed E-state index contributed by atoms with van der Waals surface area (Å²) in [7, 11) is -0.138. The van der Waals surface area contributed by atoms with E-state index in [4.69, 9.17) is 0 Å². The maximum absolute atomic E-state index is 12.9. The van der Waals surface area contributed by atoms with Gasteiger partial charge in [0.2, 0.25) is 10.4 Å². The van der Waals surface area contributed by atoms with Crippen molar-refractivity contribution in [1.29, 1.82) is 0 Å². The van der Waals surface area contributed by atoms with Crippen LogP contribution in [0.25, 0.3) is 0 Å². The number of hydrogen-bond acceptors (Lipinski definition) is 1. The third-order valence-corrected chi connectivity index (χ3v) is 11.5. The number of Topliss-reactive ketones (excluding diaryl/α,β-unsaturated/α-hetero) is 1. The molecular formula is C23H24OPS+. The first-order valence-corrected chi connectivity index (χ1v) is 12.4. The molecule has 3 rings (SSSR count). The molecule has 26 heavy (non-hydrogen) atoms. The highest BCUT2D eigenvalue weighted by molar-refractivity contribution is 8.24. The molecule has 3 heteroatoms. The molecule has 0 N–H and O–H groups in total. The van der Waals surface area contributed by atoms with Gasteiger partial charge in [-0.3, -0.25) is 4.79 Å². The van der Waals surface area contributed by atoms with E-state index in [1.165, 1.54) is 15.9 Å². The van der Waals surface area contributed by atoms with Gasteiger partial charge >= 0.3 is 0 Å². The fraction of sp³-hybridized carbons (Fsp3) is 0.130. The minimum absolute atomic E-state index is 0.138. The van der Waals surface area contributed by atoms with Crippen LogP contribution in [0.1, 0.15) is 6.92 Å². The van der Waals surface area contributed by atoms with Crippen molar-refractivity contribution in [3.05, 3.63) is 91.0 Å². The van der Waals surface area contributed by atoms with E-state index in [0.717, 1.165) is 4.63 Å². The van der Waals surface area contributed by atoms with E-state index >= 15 is 0 Å². The predicted molar refractivity (Wildman–Crippen MR) is 120 cm³/mol. The van der Waals surface area contributed by atoms with Crippen LogP contribution in [-0.2, 0) is 15.7 Å². The van der Waals surface area contributed by atoms with Crippen LogP contribution in [0.4, 0.5) is 0 Å². The molecule has 132 valence electrons. The molecule has 3 aromatic rings. The van der Waals surface area contributed by atoms with Crippen molar-refractivity contribution in [3.8, 4) is 0 Å². The smallest absolute Gasteiger partial charge is 0.207 e. The second-order valence-corrected chi connectivity index (χ2v) is 12.0. The second kappa shape index (κ2) is 8.12. The van der Waals surface area contributed by atoms with Crippen molar-refractivity contribution in [3.63, 3.8) is 0 Å². The van der Waals surface area contributed by atoms with Gasteiger partial charge in [0.1, 0.15) is 12.5 Å². The lowest BCUT2D eigenvalue weighted by Crippen LogP contribution is -2.36. The standard InChI is InChI=1S/C23H24OPS/c1-19(24)23(26(2)3)25(20-13-7-4-8-14-20,21-15-9-5-10-16-21)22-17-11-6-12-18-22/h4-18H,1-3H3/q+1. The molecule has 0 bridgehead atoms. The van der Waals surface area contributed by atoms with E-state index in [2.05, 4.69) is 85.3 Å². The lowest BCUT2D eigenvalue weighted by molar-refractivity contribution is -0.110. The Morgan fingerprint density at radius 3 is 1.19 bits per heavy atom. The molecular weight excluding hydrogens is 355 g/mol. The molecule has 1 nitrogen and oxygen atoms in total. The first-order valence-electron chi connectivity index (χ1n) is 8.60. The molecule has 0 atom stereocenters. The van der Waals surface area contributed by atoms with E-state index in [1.54, 1.807) is 6.92 Å². The summed E-state index contributed by atoms with van der Waals surface area (Å²) in [5.74, 6) is 0.197. The van der Waals surface area contributed by atoms with E-state index in [0.29, 0.717) is 0 Å². The van der Waals surface area contributed by atoms with Gasteiger partial charge in [-0.05, 0) is 15.9 Å². The highest BCUT2D eigenvalue weighted by atomic mass is 32.2. The first-order chi connectivity index (χ1) is 12.6. The van der Waals surface area contributed by atoms with Crippen molar-refractivity contribution < 1.29 is 4.79 Å². The molecule has 0 amide bonds. The quantitative estimate of drug-likeness (QED) is 0.489. The number of rotatable bonds is 5. The van der Waals surface area contributed by atoms with E-state index < -0.39 is 6.89 Å². The Hall–Kier alpha value is -2.02. The van der Waals surface area contributed by atoms with Crippen LogP contribution >= 0.6 is 6.89 Å². The summed E-state index contributed by atoms with van der Waals surface area (Å²) in [6, 6.07) is 31.7. The third-order valence-electron chi connectivity index (χ3n) is 4.42. The summed E-state index contributed by atoms with van der Waals surface area (Å²) in [6.07, 6.45) is 4.33. The highest BCUT2D eigenvalue weighted by Crippen LogP contribution is 2.47. The van der Waals surface area contributed by atoms with Gasteiger partial charge in [0.25, 0.3) is 0 Å². The number of carbonyl (C=O) groups is 1. The zero-order valence-corrected chi connectivity index (χ0v) is 17.1. The van der Waals surface area contributed by atoms with E-state index in [-0.39, 0.29) is 16.7 Å². The van der Waals surface area contributed by atoms with Crippen LogP contribution in [0.2, 0.25) is 0 Å². The van der Waals surface area contributed by atoms with Crippen LogP contribution < -0.4 is 15.9 Å². The summed E-state index contributed by atoms with van der Waals surface area (Å²) in [6.45, 7) is -0.468.